The van der Waals surface area contributed by atoms with Crippen LogP contribution in [0.4, 0.5) is 15.3 Å². The Kier molecular flexibility index (Phi) is 5.54. The van der Waals surface area contributed by atoms with Crippen molar-refractivity contribution in [3.8, 4) is 11.5 Å². The van der Waals surface area contributed by atoms with Gasteiger partial charge in [0, 0.05) is 25.7 Å². The van der Waals surface area contributed by atoms with Gasteiger partial charge in [-0.1, -0.05) is 18.2 Å². The van der Waals surface area contributed by atoms with Gasteiger partial charge >= 0.3 is 18.1 Å². The lowest BCUT2D eigenvalue weighted by Crippen LogP contribution is -2.76. The number of anilines is 1. The SMILES string of the molecule is CC(=O)Oc1cc(O)cc(C2(NC(=O)O)C(=O)N(C)C(=O)N(c3ccccc3)C2N)c1. The number of nitrogens with two attached hydrogens (primary N) is 1. The number of urea groups is 1. The fourth-order valence-electron chi connectivity index (χ4n) is 3.51. The van der Waals surface area contributed by atoms with Crippen LogP contribution in [0.1, 0.15) is 12.5 Å². The maximum absolute atomic E-state index is 13.3. The summed E-state index contributed by atoms with van der Waals surface area (Å²) in [6.07, 6.45) is -3.15. The van der Waals surface area contributed by atoms with E-state index in [1.807, 2.05) is 0 Å². The third-order valence-corrected chi connectivity index (χ3v) is 4.80. The third kappa shape index (κ3) is 3.73. The number of nitrogens with zero attached hydrogens (tertiary/aromatic N) is 2. The molecular weight excluding hydrogens is 408 g/mol. The molecular formula is C20H20N4O7. The van der Waals surface area contributed by atoms with E-state index in [-0.39, 0.29) is 11.3 Å². The van der Waals surface area contributed by atoms with Crippen LogP contribution in [0.5, 0.6) is 11.5 Å². The van der Waals surface area contributed by atoms with Crippen molar-refractivity contribution in [2.24, 2.45) is 5.73 Å². The Balaban J connectivity index is 2.27. The van der Waals surface area contributed by atoms with Crippen molar-refractivity contribution in [3.05, 3.63) is 54.1 Å². The molecule has 11 nitrogen and oxygen atoms in total. The molecule has 3 rings (SSSR count). The first kappa shape index (κ1) is 21.6. The molecule has 1 fully saturated rings. The molecule has 2 atom stereocenters. The number of carboxylic acid groups (broad SMARTS) is 1. The Morgan fingerprint density at radius 1 is 1.16 bits per heavy atom. The van der Waals surface area contributed by atoms with Crippen molar-refractivity contribution in [3.63, 3.8) is 0 Å². The van der Waals surface area contributed by atoms with E-state index in [0.717, 1.165) is 28.9 Å². The minimum absolute atomic E-state index is 0.121. The number of esters is 1. The smallest absolute Gasteiger partial charge is 0.405 e. The van der Waals surface area contributed by atoms with E-state index in [2.05, 4.69) is 5.32 Å². The number of carbonyl (C=O) groups is 4. The van der Waals surface area contributed by atoms with E-state index in [0.29, 0.717) is 5.69 Å². The molecule has 1 heterocycles. The number of phenols is 1. The summed E-state index contributed by atoms with van der Waals surface area (Å²) >= 11 is 0. The number of carbonyl (C=O) groups excluding carboxylic acids is 3. The van der Waals surface area contributed by atoms with Gasteiger partial charge < -0.3 is 26.0 Å². The van der Waals surface area contributed by atoms with Crippen molar-refractivity contribution in [2.75, 3.05) is 11.9 Å². The molecule has 1 aliphatic heterocycles. The van der Waals surface area contributed by atoms with Gasteiger partial charge in [0.05, 0.1) is 0 Å². The largest absolute Gasteiger partial charge is 0.508 e. The average molecular weight is 428 g/mol. The summed E-state index contributed by atoms with van der Waals surface area (Å²) in [6.45, 7) is 1.13. The van der Waals surface area contributed by atoms with E-state index in [1.54, 1.807) is 30.3 Å². The summed E-state index contributed by atoms with van der Waals surface area (Å²) in [6, 6.07) is 10.8. The topological polar surface area (TPSA) is 163 Å². The fraction of sp³-hybridized carbons (Fsp3) is 0.200. The van der Waals surface area contributed by atoms with Gasteiger partial charge in [-0.15, -0.1) is 0 Å². The molecule has 0 bridgehead atoms. The number of ether oxygens (including phenoxy) is 1. The minimum Gasteiger partial charge on any atom is -0.508 e. The number of nitrogens with one attached hydrogen (secondary N) is 1. The van der Waals surface area contributed by atoms with E-state index in [9.17, 15) is 29.4 Å². The van der Waals surface area contributed by atoms with E-state index >= 15 is 0 Å². The predicted octanol–water partition coefficient (Wildman–Crippen LogP) is 1.16. The summed E-state index contributed by atoms with van der Waals surface area (Å²) < 4.78 is 4.99. The Morgan fingerprint density at radius 3 is 2.39 bits per heavy atom. The zero-order valence-corrected chi connectivity index (χ0v) is 16.6. The second kappa shape index (κ2) is 7.95. The van der Waals surface area contributed by atoms with Crippen LogP contribution in [-0.2, 0) is 15.1 Å². The normalized spacial score (nSPS) is 21.1. The number of amides is 4. The van der Waals surface area contributed by atoms with Crippen molar-refractivity contribution >= 4 is 29.7 Å². The Bertz CT molecular complexity index is 1060. The van der Waals surface area contributed by atoms with Crippen LogP contribution in [0.15, 0.2) is 48.5 Å². The van der Waals surface area contributed by atoms with E-state index in [1.165, 1.54) is 13.1 Å². The molecule has 0 saturated carbocycles. The molecule has 31 heavy (non-hydrogen) atoms. The fourth-order valence-corrected chi connectivity index (χ4v) is 3.51. The van der Waals surface area contributed by atoms with E-state index < -0.39 is 41.5 Å². The number of imide groups is 1. The van der Waals surface area contributed by atoms with Crippen LogP contribution in [0.2, 0.25) is 0 Å². The average Bonchev–Trinajstić information content (AvgIpc) is 2.69. The van der Waals surface area contributed by atoms with Gasteiger partial charge in [0.25, 0.3) is 5.91 Å². The summed E-state index contributed by atoms with van der Waals surface area (Å²) in [5.74, 6) is -2.22. The van der Waals surface area contributed by atoms with Gasteiger partial charge in [-0.05, 0) is 29.8 Å². The summed E-state index contributed by atoms with van der Waals surface area (Å²) in [5, 5.41) is 21.8. The predicted molar refractivity (Wildman–Crippen MR) is 107 cm³/mol. The maximum atomic E-state index is 13.3. The van der Waals surface area contributed by atoms with Crippen molar-refractivity contribution < 1.29 is 34.1 Å². The number of para-hydroxylation sites is 1. The number of benzene rings is 2. The molecule has 2 aromatic carbocycles. The first-order valence-electron chi connectivity index (χ1n) is 9.04. The second-order valence-corrected chi connectivity index (χ2v) is 6.84. The molecule has 0 spiro atoms. The van der Waals surface area contributed by atoms with Crippen LogP contribution in [-0.4, -0.2) is 52.3 Å². The van der Waals surface area contributed by atoms with Crippen LogP contribution < -0.4 is 20.7 Å². The first-order valence-corrected chi connectivity index (χ1v) is 9.04. The zero-order valence-electron chi connectivity index (χ0n) is 16.6. The zero-order chi connectivity index (χ0) is 22.9. The number of rotatable bonds is 4. The highest BCUT2D eigenvalue weighted by Gasteiger charge is 2.58. The molecule has 4 amide bonds. The number of likely N-dealkylation sites (N-methyl/N-ethyl adjacent to an activating group) is 1. The van der Waals surface area contributed by atoms with Crippen molar-refractivity contribution in [2.45, 2.75) is 18.6 Å². The van der Waals surface area contributed by atoms with Gasteiger partial charge in [-0.2, -0.15) is 0 Å². The van der Waals surface area contributed by atoms with Crippen molar-refractivity contribution in [1.29, 1.82) is 0 Å². The third-order valence-electron chi connectivity index (χ3n) is 4.80. The van der Waals surface area contributed by atoms with E-state index in [4.69, 9.17) is 10.5 Å². The molecule has 2 unspecified atom stereocenters. The molecule has 1 saturated heterocycles. The molecule has 162 valence electrons. The highest BCUT2D eigenvalue weighted by molar-refractivity contribution is 6.11. The molecule has 0 aromatic heterocycles. The van der Waals surface area contributed by atoms with Gasteiger partial charge in [0.2, 0.25) is 0 Å². The second-order valence-electron chi connectivity index (χ2n) is 6.84. The summed E-state index contributed by atoms with van der Waals surface area (Å²) in [5.41, 5.74) is 4.33. The number of hydrogen-bond acceptors (Lipinski definition) is 7. The van der Waals surface area contributed by atoms with Gasteiger partial charge in [-0.3, -0.25) is 19.4 Å². The standard InChI is InChI=1S/C20H20N4O7/c1-11(25)31-15-9-12(8-14(26)10-15)20(22-18(28)29)16(21)24(13-6-4-3-5-7-13)19(30)23(2)17(20)27/h3-10,16,22,26H,21H2,1-2H3,(H,28,29). The molecule has 2 aromatic rings. The Morgan fingerprint density at radius 2 is 1.81 bits per heavy atom. The molecule has 1 aliphatic rings. The van der Waals surface area contributed by atoms with Gasteiger partial charge in [0.1, 0.15) is 17.7 Å². The molecule has 11 heteroatoms. The number of aromatic hydroxyl groups is 1. The van der Waals surface area contributed by atoms with Crippen molar-refractivity contribution in [1.82, 2.24) is 10.2 Å². The minimum atomic E-state index is -2.22. The Labute approximate surface area is 176 Å². The maximum Gasteiger partial charge on any atom is 0.405 e. The highest BCUT2D eigenvalue weighted by atomic mass is 16.5. The van der Waals surface area contributed by atoms with Crippen LogP contribution in [0.3, 0.4) is 0 Å². The number of phenolic OH excluding ortho intramolecular Hbond substituents is 1. The lowest BCUT2D eigenvalue weighted by molar-refractivity contribution is -0.137. The number of hydrogen-bond donors (Lipinski definition) is 4. The van der Waals surface area contributed by atoms with Crippen LogP contribution >= 0.6 is 0 Å². The first-order chi connectivity index (χ1) is 14.6. The summed E-state index contributed by atoms with van der Waals surface area (Å²) in [4.78, 5) is 51.1. The van der Waals surface area contributed by atoms with Gasteiger partial charge in [-0.25, -0.2) is 9.59 Å². The Hall–Kier alpha value is -4.12. The van der Waals surface area contributed by atoms with Gasteiger partial charge in [0.15, 0.2) is 5.54 Å². The molecule has 5 N–H and O–H groups in total. The lowest BCUT2D eigenvalue weighted by atomic mass is 9.82. The van der Waals surface area contributed by atoms with Crippen LogP contribution in [0.25, 0.3) is 0 Å². The quantitative estimate of drug-likeness (QED) is 0.416. The monoisotopic (exact) mass is 428 g/mol. The molecule has 0 aliphatic carbocycles. The summed E-state index contributed by atoms with van der Waals surface area (Å²) in [7, 11) is 1.18. The lowest BCUT2D eigenvalue weighted by Gasteiger charge is -2.49. The van der Waals surface area contributed by atoms with Crippen LogP contribution in [0, 0.1) is 0 Å². The molecule has 0 radical (unpaired) electrons. The highest BCUT2D eigenvalue weighted by Crippen LogP contribution is 2.38.